The molecule has 3 nitrogen and oxygen atoms in total. The van der Waals surface area contributed by atoms with Crippen molar-refractivity contribution < 1.29 is 9.59 Å². The first-order valence-electron chi connectivity index (χ1n) is 11.8. The minimum absolute atomic E-state index is 0.111. The second-order valence-corrected chi connectivity index (χ2v) is 12.6. The van der Waals surface area contributed by atoms with Crippen LogP contribution in [0.15, 0.2) is 12.2 Å². The number of thioether (sulfide) groups is 1. The topological polar surface area (TPSA) is 46.2 Å². The molecule has 1 aliphatic heterocycles. The summed E-state index contributed by atoms with van der Waals surface area (Å²) >= 11 is 1.58. The second kappa shape index (κ2) is 7.43. The zero-order valence-electron chi connectivity index (χ0n) is 18.9. The minimum Gasteiger partial charge on any atom is -0.351 e. The van der Waals surface area contributed by atoms with E-state index in [0.717, 1.165) is 32.1 Å². The van der Waals surface area contributed by atoms with Crippen LogP contribution < -0.4 is 5.32 Å². The summed E-state index contributed by atoms with van der Waals surface area (Å²) in [5.74, 6) is 2.47. The van der Waals surface area contributed by atoms with Gasteiger partial charge in [-0.2, -0.15) is 0 Å². The van der Waals surface area contributed by atoms with Crippen molar-refractivity contribution in [2.24, 2.45) is 34.5 Å². The van der Waals surface area contributed by atoms with E-state index in [2.05, 4.69) is 46.0 Å². The predicted molar refractivity (Wildman–Crippen MR) is 121 cm³/mol. The summed E-state index contributed by atoms with van der Waals surface area (Å²) in [5.41, 5.74) is 0.171. The molecule has 4 heteroatoms. The summed E-state index contributed by atoms with van der Waals surface area (Å²) < 4.78 is 0. The van der Waals surface area contributed by atoms with Crippen molar-refractivity contribution in [3.05, 3.63) is 12.2 Å². The molecule has 1 amide bonds. The Labute approximate surface area is 181 Å². The Morgan fingerprint density at radius 3 is 2.66 bits per heavy atom. The fourth-order valence-electron chi connectivity index (χ4n) is 7.74. The first-order chi connectivity index (χ1) is 13.6. The summed E-state index contributed by atoms with van der Waals surface area (Å²) in [6, 6.07) is 0. The molecule has 3 fully saturated rings. The Balaban J connectivity index is 1.54. The van der Waals surface area contributed by atoms with Gasteiger partial charge in [-0.05, 0) is 88.0 Å². The lowest BCUT2D eigenvalue weighted by atomic mass is 9.49. The molecule has 1 N–H and O–H groups in total. The highest BCUT2D eigenvalue weighted by atomic mass is 32.2. The molecule has 7 atom stereocenters. The monoisotopic (exact) mass is 417 g/mol. The molecule has 1 heterocycles. The second-order valence-electron chi connectivity index (χ2n) is 11.4. The van der Waals surface area contributed by atoms with Gasteiger partial charge in [-0.15, -0.1) is 0 Å². The molecule has 2 unspecified atom stereocenters. The van der Waals surface area contributed by atoms with Crippen LogP contribution >= 0.6 is 11.8 Å². The Morgan fingerprint density at radius 1 is 1.17 bits per heavy atom. The van der Waals surface area contributed by atoms with Crippen molar-refractivity contribution in [2.75, 3.05) is 0 Å². The van der Waals surface area contributed by atoms with Crippen molar-refractivity contribution in [3.63, 3.8) is 0 Å². The van der Waals surface area contributed by atoms with Gasteiger partial charge in [0.1, 0.15) is 0 Å². The summed E-state index contributed by atoms with van der Waals surface area (Å²) in [6.07, 6.45) is 13.2. The van der Waals surface area contributed by atoms with E-state index in [1.54, 1.807) is 11.8 Å². The van der Waals surface area contributed by atoms with Crippen LogP contribution in [-0.2, 0) is 9.59 Å². The molecule has 0 saturated heterocycles. The van der Waals surface area contributed by atoms with E-state index in [1.165, 1.54) is 19.3 Å². The maximum absolute atomic E-state index is 13.3. The predicted octanol–water partition coefficient (Wildman–Crippen LogP) is 5.74. The molecule has 4 rings (SSSR count). The SMILES string of the molecule is CCCC(C)(C)NC(=O)C1CC[C@H]2[C@@H]3CCC4SC(=O)C=C[C@]4(C)[C@@H]3CC[C@]12C. The number of allylic oxidation sites excluding steroid dienone is 1. The molecule has 3 saturated carbocycles. The van der Waals surface area contributed by atoms with Crippen molar-refractivity contribution >= 4 is 22.8 Å². The van der Waals surface area contributed by atoms with Crippen LogP contribution in [0.1, 0.15) is 86.0 Å². The van der Waals surface area contributed by atoms with Crippen LogP contribution in [0, 0.1) is 34.5 Å². The van der Waals surface area contributed by atoms with Gasteiger partial charge in [0, 0.05) is 22.1 Å². The van der Waals surface area contributed by atoms with Crippen molar-refractivity contribution in [3.8, 4) is 0 Å². The zero-order valence-corrected chi connectivity index (χ0v) is 19.7. The largest absolute Gasteiger partial charge is 0.351 e. The van der Waals surface area contributed by atoms with Crippen LogP contribution in [-0.4, -0.2) is 21.8 Å². The highest BCUT2D eigenvalue weighted by Gasteiger charge is 2.61. The maximum Gasteiger partial charge on any atom is 0.224 e. The molecule has 0 radical (unpaired) electrons. The smallest absolute Gasteiger partial charge is 0.224 e. The first kappa shape index (κ1) is 21.5. The summed E-state index contributed by atoms with van der Waals surface area (Å²) in [6.45, 7) is 11.3. The standard InChI is InChI=1S/C25H39NO2S/c1-6-13-23(2,3)26-22(28)19-9-8-17-16-7-10-20-25(5,15-12-21(27)29-20)18(16)11-14-24(17,19)4/h12,15-20H,6-11,13-14H2,1-5H3,(H,26,28)/t16-,17-,18+,19?,20?,24-,25+/m0/s1. The Kier molecular flexibility index (Phi) is 5.50. The molecular weight excluding hydrogens is 378 g/mol. The third kappa shape index (κ3) is 3.51. The first-order valence-corrected chi connectivity index (χ1v) is 12.7. The van der Waals surface area contributed by atoms with Gasteiger partial charge in [0.2, 0.25) is 11.0 Å². The number of carbonyl (C=O) groups excluding carboxylic acids is 2. The Bertz CT molecular complexity index is 716. The molecule has 0 aromatic carbocycles. The molecule has 4 aliphatic rings. The van der Waals surface area contributed by atoms with E-state index in [9.17, 15) is 9.59 Å². The summed E-state index contributed by atoms with van der Waals surface area (Å²) in [4.78, 5) is 25.3. The number of amides is 1. The highest BCUT2D eigenvalue weighted by Crippen LogP contribution is 2.66. The third-order valence-electron chi connectivity index (χ3n) is 9.18. The lowest BCUT2D eigenvalue weighted by Crippen LogP contribution is -2.55. The van der Waals surface area contributed by atoms with Crippen LogP contribution in [0.2, 0.25) is 0 Å². The molecule has 29 heavy (non-hydrogen) atoms. The Morgan fingerprint density at radius 2 is 1.93 bits per heavy atom. The van der Waals surface area contributed by atoms with Crippen LogP contribution in [0.3, 0.4) is 0 Å². The number of carbonyl (C=O) groups is 2. The van der Waals surface area contributed by atoms with Crippen LogP contribution in [0.4, 0.5) is 0 Å². The Hall–Kier alpha value is -0.770. The fraction of sp³-hybridized carbons (Fsp3) is 0.840. The number of fused-ring (bicyclic) bond motifs is 5. The van der Waals surface area contributed by atoms with Gasteiger partial charge in [0.15, 0.2) is 0 Å². The summed E-state index contributed by atoms with van der Waals surface area (Å²) in [7, 11) is 0. The minimum atomic E-state index is -0.111. The van der Waals surface area contributed by atoms with E-state index in [-0.39, 0.29) is 27.4 Å². The van der Waals surface area contributed by atoms with E-state index in [4.69, 9.17) is 0 Å². The molecule has 0 spiro atoms. The van der Waals surface area contributed by atoms with E-state index in [0.29, 0.717) is 28.9 Å². The number of nitrogens with one attached hydrogen (secondary N) is 1. The van der Waals surface area contributed by atoms with Gasteiger partial charge in [0.25, 0.3) is 0 Å². The quantitative estimate of drug-likeness (QED) is 0.634. The number of rotatable bonds is 4. The van der Waals surface area contributed by atoms with E-state index >= 15 is 0 Å². The lowest BCUT2D eigenvalue weighted by molar-refractivity contribution is -0.133. The van der Waals surface area contributed by atoms with Crippen LogP contribution in [0.5, 0.6) is 0 Å². The zero-order chi connectivity index (χ0) is 21.0. The van der Waals surface area contributed by atoms with Crippen molar-refractivity contribution in [2.45, 2.75) is 96.8 Å². The van der Waals surface area contributed by atoms with Gasteiger partial charge in [-0.1, -0.05) is 45.0 Å². The maximum atomic E-state index is 13.3. The van der Waals surface area contributed by atoms with E-state index < -0.39 is 0 Å². The van der Waals surface area contributed by atoms with Gasteiger partial charge in [-0.3, -0.25) is 9.59 Å². The van der Waals surface area contributed by atoms with Crippen molar-refractivity contribution in [1.82, 2.24) is 5.32 Å². The average molecular weight is 418 g/mol. The van der Waals surface area contributed by atoms with Crippen molar-refractivity contribution in [1.29, 1.82) is 0 Å². The fourth-order valence-corrected chi connectivity index (χ4v) is 8.93. The lowest BCUT2D eigenvalue weighted by Gasteiger charge is -2.58. The van der Waals surface area contributed by atoms with Crippen LogP contribution in [0.25, 0.3) is 0 Å². The normalized spacial score (nSPS) is 44.0. The van der Waals surface area contributed by atoms with Gasteiger partial charge in [-0.25, -0.2) is 0 Å². The highest BCUT2D eigenvalue weighted by molar-refractivity contribution is 8.14. The number of hydrogen-bond donors (Lipinski definition) is 1. The average Bonchev–Trinajstić information content (AvgIpc) is 2.99. The molecule has 0 bridgehead atoms. The third-order valence-corrected chi connectivity index (χ3v) is 10.6. The molecule has 162 valence electrons. The molecule has 0 aromatic heterocycles. The molecule has 0 aromatic rings. The summed E-state index contributed by atoms with van der Waals surface area (Å²) in [5, 5.41) is 4.08. The van der Waals surface area contributed by atoms with Gasteiger partial charge in [0.05, 0.1) is 0 Å². The van der Waals surface area contributed by atoms with Gasteiger partial charge < -0.3 is 5.32 Å². The van der Waals surface area contributed by atoms with E-state index in [1.807, 2.05) is 6.08 Å². The molecule has 3 aliphatic carbocycles. The molecular formula is C25H39NO2S. The van der Waals surface area contributed by atoms with Gasteiger partial charge >= 0.3 is 0 Å². The number of hydrogen-bond acceptors (Lipinski definition) is 3.